The quantitative estimate of drug-likeness (QED) is 0.810. The topological polar surface area (TPSA) is 77.0 Å². The molecule has 0 bridgehead atoms. The van der Waals surface area contributed by atoms with E-state index in [4.69, 9.17) is 16.9 Å². The van der Waals surface area contributed by atoms with Crippen molar-refractivity contribution in [3.05, 3.63) is 64.7 Å². The van der Waals surface area contributed by atoms with E-state index in [0.29, 0.717) is 22.7 Å². The number of carbonyl (C=O) groups excluding carboxylic acids is 1. The zero-order chi connectivity index (χ0) is 16.2. The van der Waals surface area contributed by atoms with E-state index in [1.165, 1.54) is 0 Å². The van der Waals surface area contributed by atoms with Crippen molar-refractivity contribution in [3.63, 3.8) is 0 Å². The van der Waals surface area contributed by atoms with E-state index < -0.39 is 0 Å². The van der Waals surface area contributed by atoms with Crippen LogP contribution in [-0.4, -0.2) is 11.9 Å². The molecule has 23 heavy (non-hydrogen) atoms. The number of nitrogens with zero attached hydrogens (tertiary/aromatic N) is 1. The molecule has 3 N–H and O–H groups in total. The SMILES string of the molecule is N#Cc1ccc(NC(=O)C2CC(c3ccc(Cl)cc3)NN2)cc1. The van der Waals surface area contributed by atoms with Crippen LogP contribution in [0.5, 0.6) is 0 Å². The first kappa shape index (κ1) is 15.5. The van der Waals surface area contributed by atoms with Crippen molar-refractivity contribution >= 4 is 23.2 Å². The number of carbonyl (C=O) groups is 1. The second kappa shape index (κ2) is 6.80. The van der Waals surface area contributed by atoms with E-state index in [0.717, 1.165) is 5.56 Å². The third-order valence-corrected chi connectivity index (χ3v) is 4.03. The summed E-state index contributed by atoms with van der Waals surface area (Å²) in [5.41, 5.74) is 8.46. The fraction of sp³-hybridized carbons (Fsp3) is 0.176. The van der Waals surface area contributed by atoms with Gasteiger partial charge in [-0.25, -0.2) is 10.9 Å². The van der Waals surface area contributed by atoms with Gasteiger partial charge < -0.3 is 5.32 Å². The lowest BCUT2D eigenvalue weighted by Gasteiger charge is -2.11. The lowest BCUT2D eigenvalue weighted by atomic mass is 10.0. The molecule has 1 fully saturated rings. The van der Waals surface area contributed by atoms with E-state index in [9.17, 15) is 4.79 Å². The summed E-state index contributed by atoms with van der Waals surface area (Å²) in [6.45, 7) is 0. The van der Waals surface area contributed by atoms with Crippen LogP contribution in [0.25, 0.3) is 0 Å². The summed E-state index contributed by atoms with van der Waals surface area (Å²) >= 11 is 5.89. The number of nitriles is 1. The fourth-order valence-corrected chi connectivity index (χ4v) is 2.63. The first-order valence-corrected chi connectivity index (χ1v) is 7.61. The molecule has 3 rings (SSSR count). The maximum absolute atomic E-state index is 12.3. The third kappa shape index (κ3) is 3.69. The van der Waals surface area contributed by atoms with Gasteiger partial charge in [-0.3, -0.25) is 4.79 Å². The van der Waals surface area contributed by atoms with Gasteiger partial charge in [0.05, 0.1) is 11.6 Å². The van der Waals surface area contributed by atoms with Gasteiger partial charge in [0, 0.05) is 16.8 Å². The van der Waals surface area contributed by atoms with Gasteiger partial charge in [0.1, 0.15) is 6.04 Å². The first-order chi connectivity index (χ1) is 11.2. The Labute approximate surface area is 139 Å². The van der Waals surface area contributed by atoms with Crippen molar-refractivity contribution in [3.8, 4) is 6.07 Å². The number of hydrogen-bond acceptors (Lipinski definition) is 4. The van der Waals surface area contributed by atoms with Crippen molar-refractivity contribution in [2.24, 2.45) is 0 Å². The molecule has 0 radical (unpaired) electrons. The monoisotopic (exact) mass is 326 g/mol. The normalized spacial score (nSPS) is 20.0. The van der Waals surface area contributed by atoms with Crippen LogP contribution >= 0.6 is 11.6 Å². The Morgan fingerprint density at radius 2 is 1.83 bits per heavy atom. The van der Waals surface area contributed by atoms with Crippen LogP contribution in [-0.2, 0) is 4.79 Å². The molecule has 2 atom stereocenters. The van der Waals surface area contributed by atoms with E-state index >= 15 is 0 Å². The second-order valence-electron chi connectivity index (χ2n) is 5.36. The molecule has 0 saturated carbocycles. The van der Waals surface area contributed by atoms with Crippen LogP contribution in [0.1, 0.15) is 23.6 Å². The molecule has 6 heteroatoms. The van der Waals surface area contributed by atoms with E-state index in [2.05, 4.69) is 16.2 Å². The molecular weight excluding hydrogens is 312 g/mol. The molecule has 1 amide bonds. The van der Waals surface area contributed by atoms with Crippen molar-refractivity contribution in [1.29, 1.82) is 5.26 Å². The Kier molecular flexibility index (Phi) is 4.58. The fourth-order valence-electron chi connectivity index (χ4n) is 2.50. The average Bonchev–Trinajstić information content (AvgIpc) is 3.06. The third-order valence-electron chi connectivity index (χ3n) is 3.77. The standard InChI is InChI=1S/C17H15ClN4O/c18-13-5-3-12(4-6-13)15-9-16(22-21-15)17(23)20-14-7-1-11(10-19)2-8-14/h1-8,15-16,21-22H,9H2,(H,20,23). The number of amides is 1. The summed E-state index contributed by atoms with van der Waals surface area (Å²) in [6, 6.07) is 16.1. The summed E-state index contributed by atoms with van der Waals surface area (Å²) in [7, 11) is 0. The molecule has 116 valence electrons. The largest absolute Gasteiger partial charge is 0.325 e. The highest BCUT2D eigenvalue weighted by Crippen LogP contribution is 2.24. The lowest BCUT2D eigenvalue weighted by Crippen LogP contribution is -2.39. The van der Waals surface area contributed by atoms with Gasteiger partial charge >= 0.3 is 0 Å². The number of halogens is 1. The van der Waals surface area contributed by atoms with Gasteiger partial charge in [-0.15, -0.1) is 0 Å². The van der Waals surface area contributed by atoms with Crippen LogP contribution in [0.2, 0.25) is 5.02 Å². The Balaban J connectivity index is 1.60. The van der Waals surface area contributed by atoms with E-state index in [1.807, 2.05) is 30.3 Å². The van der Waals surface area contributed by atoms with Crippen molar-refractivity contribution < 1.29 is 4.79 Å². The maximum atomic E-state index is 12.3. The highest BCUT2D eigenvalue weighted by atomic mass is 35.5. The summed E-state index contributed by atoms with van der Waals surface area (Å²) in [6.07, 6.45) is 0.643. The highest BCUT2D eigenvalue weighted by molar-refractivity contribution is 6.30. The van der Waals surface area contributed by atoms with Crippen molar-refractivity contribution in [1.82, 2.24) is 10.9 Å². The number of hydrazine groups is 1. The average molecular weight is 327 g/mol. The minimum atomic E-state index is -0.327. The molecule has 1 aliphatic rings. The minimum Gasteiger partial charge on any atom is -0.325 e. The van der Waals surface area contributed by atoms with Gasteiger partial charge in [0.25, 0.3) is 0 Å². The smallest absolute Gasteiger partial charge is 0.242 e. The van der Waals surface area contributed by atoms with Gasteiger partial charge in [-0.1, -0.05) is 23.7 Å². The molecule has 0 spiro atoms. The molecule has 1 saturated heterocycles. The van der Waals surface area contributed by atoms with Crippen molar-refractivity contribution in [2.45, 2.75) is 18.5 Å². The van der Waals surface area contributed by atoms with Crippen LogP contribution in [0, 0.1) is 11.3 Å². The first-order valence-electron chi connectivity index (χ1n) is 7.23. The summed E-state index contributed by atoms with van der Waals surface area (Å²) in [5.74, 6) is -0.112. The Morgan fingerprint density at radius 3 is 2.48 bits per heavy atom. The van der Waals surface area contributed by atoms with Crippen LogP contribution in [0.3, 0.4) is 0 Å². The molecule has 0 aromatic heterocycles. The molecule has 2 aromatic carbocycles. The Morgan fingerprint density at radius 1 is 1.13 bits per heavy atom. The predicted molar refractivity (Wildman–Crippen MR) is 88.7 cm³/mol. The summed E-state index contributed by atoms with van der Waals surface area (Å²) in [4.78, 5) is 12.3. The van der Waals surface area contributed by atoms with Gasteiger partial charge in [0.2, 0.25) is 5.91 Å². The molecule has 1 aliphatic heterocycles. The number of anilines is 1. The lowest BCUT2D eigenvalue weighted by molar-refractivity contribution is -0.117. The van der Waals surface area contributed by atoms with Gasteiger partial charge in [-0.05, 0) is 48.4 Å². The number of hydrogen-bond donors (Lipinski definition) is 3. The molecule has 5 nitrogen and oxygen atoms in total. The van der Waals surface area contributed by atoms with Crippen LogP contribution in [0.15, 0.2) is 48.5 Å². The molecule has 1 heterocycles. The Bertz CT molecular complexity index is 737. The van der Waals surface area contributed by atoms with Gasteiger partial charge in [0.15, 0.2) is 0 Å². The highest BCUT2D eigenvalue weighted by Gasteiger charge is 2.30. The molecule has 2 unspecified atom stereocenters. The number of rotatable bonds is 3. The Hall–Kier alpha value is -2.39. The zero-order valence-electron chi connectivity index (χ0n) is 12.2. The zero-order valence-corrected chi connectivity index (χ0v) is 13.0. The predicted octanol–water partition coefficient (Wildman–Crippen LogP) is 2.76. The van der Waals surface area contributed by atoms with Crippen LogP contribution in [0.4, 0.5) is 5.69 Å². The minimum absolute atomic E-state index is 0.0592. The second-order valence-corrected chi connectivity index (χ2v) is 5.80. The van der Waals surface area contributed by atoms with Crippen molar-refractivity contribution in [2.75, 3.05) is 5.32 Å². The summed E-state index contributed by atoms with van der Waals surface area (Å²) < 4.78 is 0. The molecule has 0 aliphatic carbocycles. The molecule has 2 aromatic rings. The van der Waals surface area contributed by atoms with E-state index in [1.54, 1.807) is 24.3 Å². The number of nitrogens with one attached hydrogen (secondary N) is 3. The van der Waals surface area contributed by atoms with Crippen LogP contribution < -0.4 is 16.2 Å². The number of benzene rings is 2. The molecular formula is C17H15ClN4O. The maximum Gasteiger partial charge on any atom is 0.242 e. The van der Waals surface area contributed by atoms with Gasteiger partial charge in [-0.2, -0.15) is 5.26 Å². The summed E-state index contributed by atoms with van der Waals surface area (Å²) in [5, 5.41) is 12.3. The van der Waals surface area contributed by atoms with E-state index in [-0.39, 0.29) is 18.0 Å².